The van der Waals surface area contributed by atoms with Gasteiger partial charge in [0, 0.05) is 25.7 Å². The number of nitrogens with zero attached hydrogens (tertiary/aromatic N) is 1. The van der Waals surface area contributed by atoms with E-state index in [1.807, 2.05) is 0 Å². The van der Waals surface area contributed by atoms with E-state index in [4.69, 9.17) is 0 Å². The maximum absolute atomic E-state index is 12.4. The molecule has 96 valence electrons. The van der Waals surface area contributed by atoms with Crippen molar-refractivity contribution in [3.05, 3.63) is 23.8 Å². The summed E-state index contributed by atoms with van der Waals surface area (Å²) in [5.41, 5.74) is 0.183. The summed E-state index contributed by atoms with van der Waals surface area (Å²) in [7, 11) is 0. The van der Waals surface area contributed by atoms with Crippen LogP contribution in [0, 0.1) is 5.92 Å². The number of phenols is 2. The van der Waals surface area contributed by atoms with Gasteiger partial charge in [0.1, 0.15) is 11.5 Å². The summed E-state index contributed by atoms with van der Waals surface area (Å²) in [6, 6.07) is 4.27. The number of hydrogen-bond acceptors (Lipinski definition) is 4. The third-order valence-corrected chi connectivity index (χ3v) is 3.92. The lowest BCUT2D eigenvalue weighted by Gasteiger charge is -2.23. The molecule has 2 aliphatic heterocycles. The Morgan fingerprint density at radius 1 is 1.33 bits per heavy atom. The van der Waals surface area contributed by atoms with Crippen LogP contribution in [0.3, 0.4) is 0 Å². The number of aromatic hydroxyl groups is 2. The van der Waals surface area contributed by atoms with Crippen molar-refractivity contribution >= 4 is 5.91 Å². The van der Waals surface area contributed by atoms with Crippen molar-refractivity contribution in [2.45, 2.75) is 12.5 Å². The standard InChI is InChI=1S/C13H16N2O3/c16-9-1-2-12(17)10(5-9)13(18)15-4-3-8-6-14-7-11(8)15/h1-2,5,8,11,14,16-17H,3-4,6-7H2/t8-,11+/m0/s1. The molecule has 18 heavy (non-hydrogen) atoms. The molecule has 1 amide bonds. The van der Waals surface area contributed by atoms with Crippen LogP contribution in [0.1, 0.15) is 16.8 Å². The first-order chi connectivity index (χ1) is 8.66. The Bertz CT molecular complexity index is 489. The van der Waals surface area contributed by atoms with E-state index >= 15 is 0 Å². The highest BCUT2D eigenvalue weighted by Gasteiger charge is 2.40. The minimum atomic E-state index is -0.195. The molecule has 0 saturated carbocycles. The largest absolute Gasteiger partial charge is 0.508 e. The van der Waals surface area contributed by atoms with Gasteiger partial charge < -0.3 is 20.4 Å². The van der Waals surface area contributed by atoms with Gasteiger partial charge in [-0.15, -0.1) is 0 Å². The molecule has 0 unspecified atom stereocenters. The van der Waals surface area contributed by atoms with Crippen LogP contribution >= 0.6 is 0 Å². The lowest BCUT2D eigenvalue weighted by atomic mass is 10.0. The Hall–Kier alpha value is -1.75. The van der Waals surface area contributed by atoms with Crippen molar-refractivity contribution in [1.82, 2.24) is 10.2 Å². The number of fused-ring (bicyclic) bond motifs is 1. The number of amides is 1. The van der Waals surface area contributed by atoms with E-state index in [9.17, 15) is 15.0 Å². The molecule has 2 atom stereocenters. The van der Waals surface area contributed by atoms with Crippen molar-refractivity contribution < 1.29 is 15.0 Å². The molecule has 5 nitrogen and oxygen atoms in total. The van der Waals surface area contributed by atoms with Gasteiger partial charge in [0.15, 0.2) is 0 Å². The Kier molecular flexibility index (Phi) is 2.63. The molecule has 1 aromatic carbocycles. The van der Waals surface area contributed by atoms with Gasteiger partial charge >= 0.3 is 0 Å². The Labute approximate surface area is 105 Å². The van der Waals surface area contributed by atoms with Crippen LogP contribution in [0.5, 0.6) is 11.5 Å². The van der Waals surface area contributed by atoms with Crippen molar-refractivity contribution in [3.8, 4) is 11.5 Å². The number of nitrogens with one attached hydrogen (secondary N) is 1. The second kappa shape index (κ2) is 4.17. The van der Waals surface area contributed by atoms with Gasteiger partial charge in [-0.1, -0.05) is 0 Å². The number of hydrogen-bond donors (Lipinski definition) is 3. The highest BCUT2D eigenvalue weighted by Crippen LogP contribution is 2.31. The number of carbonyl (C=O) groups excluding carboxylic acids is 1. The monoisotopic (exact) mass is 248 g/mol. The quantitative estimate of drug-likeness (QED) is 0.634. The molecule has 0 radical (unpaired) electrons. The van der Waals surface area contributed by atoms with E-state index in [-0.39, 0.29) is 29.0 Å². The first kappa shape index (κ1) is 11.3. The molecular weight excluding hydrogens is 232 g/mol. The fraction of sp³-hybridized carbons (Fsp3) is 0.462. The Balaban J connectivity index is 1.88. The molecule has 3 N–H and O–H groups in total. The van der Waals surface area contributed by atoms with Crippen molar-refractivity contribution in [1.29, 1.82) is 0 Å². The smallest absolute Gasteiger partial charge is 0.258 e. The zero-order valence-corrected chi connectivity index (χ0v) is 9.97. The molecule has 2 aliphatic rings. The van der Waals surface area contributed by atoms with E-state index in [1.165, 1.54) is 18.2 Å². The first-order valence-electron chi connectivity index (χ1n) is 6.20. The first-order valence-corrected chi connectivity index (χ1v) is 6.20. The minimum Gasteiger partial charge on any atom is -0.508 e. The summed E-state index contributed by atoms with van der Waals surface area (Å²) in [6.45, 7) is 2.50. The molecule has 0 aromatic heterocycles. The molecule has 1 aromatic rings. The zero-order chi connectivity index (χ0) is 12.7. The SMILES string of the molecule is O=C(c1cc(O)ccc1O)N1CC[C@H]2CNC[C@H]21. The fourth-order valence-corrected chi connectivity index (χ4v) is 2.95. The van der Waals surface area contributed by atoms with Crippen LogP contribution < -0.4 is 5.32 Å². The van der Waals surface area contributed by atoms with Crippen molar-refractivity contribution in [3.63, 3.8) is 0 Å². The summed E-state index contributed by atoms with van der Waals surface area (Å²) in [5.74, 6) is 0.247. The maximum Gasteiger partial charge on any atom is 0.258 e. The Morgan fingerprint density at radius 3 is 3.00 bits per heavy atom. The highest BCUT2D eigenvalue weighted by atomic mass is 16.3. The van der Waals surface area contributed by atoms with Crippen LogP contribution in [0.15, 0.2) is 18.2 Å². The summed E-state index contributed by atoms with van der Waals surface area (Å²) in [6.07, 6.45) is 1.00. The summed E-state index contributed by atoms with van der Waals surface area (Å²) in [5, 5.41) is 22.4. The Morgan fingerprint density at radius 2 is 2.17 bits per heavy atom. The number of rotatable bonds is 1. The molecule has 2 heterocycles. The summed E-state index contributed by atoms with van der Waals surface area (Å²) >= 11 is 0. The fourth-order valence-electron chi connectivity index (χ4n) is 2.95. The van der Waals surface area contributed by atoms with E-state index in [2.05, 4.69) is 5.32 Å². The summed E-state index contributed by atoms with van der Waals surface area (Å²) < 4.78 is 0. The lowest BCUT2D eigenvalue weighted by Crippen LogP contribution is -2.39. The topological polar surface area (TPSA) is 72.8 Å². The van der Waals surface area contributed by atoms with Gasteiger partial charge in [0.25, 0.3) is 5.91 Å². The second-order valence-electron chi connectivity index (χ2n) is 4.97. The van der Waals surface area contributed by atoms with Crippen LogP contribution in [0.4, 0.5) is 0 Å². The van der Waals surface area contributed by atoms with E-state index in [0.717, 1.165) is 26.1 Å². The van der Waals surface area contributed by atoms with Crippen molar-refractivity contribution in [2.24, 2.45) is 5.92 Å². The molecule has 0 aliphatic carbocycles. The number of benzene rings is 1. The van der Waals surface area contributed by atoms with E-state index in [0.29, 0.717) is 5.92 Å². The van der Waals surface area contributed by atoms with Gasteiger partial charge in [0.2, 0.25) is 0 Å². The van der Waals surface area contributed by atoms with Gasteiger partial charge in [-0.3, -0.25) is 4.79 Å². The van der Waals surface area contributed by atoms with Gasteiger partial charge in [-0.05, 0) is 30.5 Å². The number of likely N-dealkylation sites (tertiary alicyclic amines) is 1. The number of phenolic OH excluding ortho intramolecular Hbond substituents is 2. The minimum absolute atomic E-state index is 0.00329. The predicted molar refractivity (Wildman–Crippen MR) is 65.6 cm³/mol. The summed E-state index contributed by atoms with van der Waals surface area (Å²) in [4.78, 5) is 14.2. The highest BCUT2D eigenvalue weighted by molar-refractivity contribution is 5.97. The molecular formula is C13H16N2O3. The normalized spacial score (nSPS) is 26.3. The van der Waals surface area contributed by atoms with Gasteiger partial charge in [0.05, 0.1) is 5.56 Å². The van der Waals surface area contributed by atoms with Crippen molar-refractivity contribution in [2.75, 3.05) is 19.6 Å². The van der Waals surface area contributed by atoms with Crippen LogP contribution in [-0.2, 0) is 0 Å². The predicted octanol–water partition coefficient (Wildman–Crippen LogP) is 0.532. The van der Waals surface area contributed by atoms with Gasteiger partial charge in [-0.25, -0.2) is 0 Å². The van der Waals surface area contributed by atoms with Gasteiger partial charge in [-0.2, -0.15) is 0 Å². The van der Waals surface area contributed by atoms with Crippen LogP contribution in [-0.4, -0.2) is 46.7 Å². The third kappa shape index (κ3) is 1.71. The molecule has 0 spiro atoms. The average molecular weight is 248 g/mol. The lowest BCUT2D eigenvalue weighted by molar-refractivity contribution is 0.0733. The van der Waals surface area contributed by atoms with Crippen LogP contribution in [0.2, 0.25) is 0 Å². The third-order valence-electron chi connectivity index (χ3n) is 3.92. The molecule has 2 saturated heterocycles. The second-order valence-corrected chi connectivity index (χ2v) is 4.97. The number of carbonyl (C=O) groups is 1. The van der Waals surface area contributed by atoms with Crippen LogP contribution in [0.25, 0.3) is 0 Å². The maximum atomic E-state index is 12.4. The van der Waals surface area contributed by atoms with E-state index < -0.39 is 0 Å². The molecule has 2 fully saturated rings. The molecule has 3 rings (SSSR count). The van der Waals surface area contributed by atoms with E-state index in [1.54, 1.807) is 4.90 Å². The average Bonchev–Trinajstić information content (AvgIpc) is 2.93. The zero-order valence-electron chi connectivity index (χ0n) is 9.97. The molecule has 5 heteroatoms. The molecule has 0 bridgehead atoms.